The second kappa shape index (κ2) is 6.79. The lowest BCUT2D eigenvalue weighted by molar-refractivity contribution is -0.137. The molecule has 1 rings (SSSR count). The second-order valence-electron chi connectivity index (χ2n) is 3.78. The van der Waals surface area contributed by atoms with Crippen LogP contribution in [0.1, 0.15) is 25.7 Å². The van der Waals surface area contributed by atoms with Crippen molar-refractivity contribution < 1.29 is 14.6 Å². The number of ether oxygens (including phenoxy) is 1. The van der Waals surface area contributed by atoms with Crippen molar-refractivity contribution in [1.82, 2.24) is 5.32 Å². The van der Waals surface area contributed by atoms with Gasteiger partial charge in [-0.25, -0.2) is 0 Å². The summed E-state index contributed by atoms with van der Waals surface area (Å²) in [5.74, 6) is -0.124. The van der Waals surface area contributed by atoms with Crippen LogP contribution in [0.3, 0.4) is 0 Å². The smallest absolute Gasteiger partial charge is 0.303 e. The molecule has 1 saturated heterocycles. The van der Waals surface area contributed by atoms with E-state index in [2.05, 4.69) is 5.32 Å². The average molecular weight is 201 g/mol. The number of hydrogen-bond acceptors (Lipinski definition) is 3. The topological polar surface area (TPSA) is 58.6 Å². The quantitative estimate of drug-likeness (QED) is 0.626. The lowest BCUT2D eigenvalue weighted by Gasteiger charge is -2.22. The van der Waals surface area contributed by atoms with E-state index < -0.39 is 5.97 Å². The van der Waals surface area contributed by atoms with Crippen molar-refractivity contribution in [3.63, 3.8) is 0 Å². The zero-order valence-electron chi connectivity index (χ0n) is 8.50. The molecular formula is C10H19NO3. The minimum Gasteiger partial charge on any atom is -0.481 e. The van der Waals surface area contributed by atoms with Gasteiger partial charge in [-0.15, -0.1) is 0 Å². The van der Waals surface area contributed by atoms with Crippen LogP contribution in [0.4, 0.5) is 0 Å². The van der Waals surface area contributed by atoms with Crippen molar-refractivity contribution in [2.24, 2.45) is 5.92 Å². The van der Waals surface area contributed by atoms with Crippen molar-refractivity contribution in [3.8, 4) is 0 Å². The normalized spacial score (nSPS) is 22.1. The van der Waals surface area contributed by atoms with Crippen LogP contribution < -0.4 is 5.32 Å². The van der Waals surface area contributed by atoms with Gasteiger partial charge in [0.05, 0.1) is 6.61 Å². The molecule has 4 nitrogen and oxygen atoms in total. The van der Waals surface area contributed by atoms with E-state index in [1.54, 1.807) is 0 Å². The Balaban J connectivity index is 1.90. The summed E-state index contributed by atoms with van der Waals surface area (Å²) in [6.07, 6.45) is 3.29. The Bertz CT molecular complexity index is 167. The highest BCUT2D eigenvalue weighted by Gasteiger charge is 2.12. The van der Waals surface area contributed by atoms with Gasteiger partial charge in [0, 0.05) is 19.6 Å². The molecule has 0 aliphatic carbocycles. The lowest BCUT2D eigenvalue weighted by Crippen LogP contribution is -2.32. The van der Waals surface area contributed by atoms with E-state index in [4.69, 9.17) is 9.84 Å². The summed E-state index contributed by atoms with van der Waals surface area (Å²) in [5, 5.41) is 11.7. The van der Waals surface area contributed by atoms with Gasteiger partial charge in [0.1, 0.15) is 0 Å². The third-order valence-electron chi connectivity index (χ3n) is 2.43. The number of rotatable bonds is 6. The minimum absolute atomic E-state index is 0.211. The summed E-state index contributed by atoms with van der Waals surface area (Å²) in [4.78, 5) is 10.2. The van der Waals surface area contributed by atoms with Crippen molar-refractivity contribution in [1.29, 1.82) is 0 Å². The third-order valence-corrected chi connectivity index (χ3v) is 2.43. The molecule has 82 valence electrons. The summed E-state index contributed by atoms with van der Waals surface area (Å²) >= 11 is 0. The average Bonchev–Trinajstić information content (AvgIpc) is 2.18. The van der Waals surface area contributed by atoms with Crippen LogP contribution >= 0.6 is 0 Å². The molecule has 0 aromatic carbocycles. The predicted octanol–water partition coefficient (Wildman–Crippen LogP) is 0.867. The van der Waals surface area contributed by atoms with Gasteiger partial charge in [0.2, 0.25) is 0 Å². The first kappa shape index (κ1) is 11.5. The molecule has 0 amide bonds. The summed E-state index contributed by atoms with van der Waals surface area (Å²) in [6, 6.07) is 0. The molecule has 1 aliphatic heterocycles. The Morgan fingerprint density at radius 3 is 3.07 bits per heavy atom. The first-order valence-electron chi connectivity index (χ1n) is 5.29. The van der Waals surface area contributed by atoms with Gasteiger partial charge >= 0.3 is 5.97 Å². The third kappa shape index (κ3) is 5.19. The molecule has 0 aromatic heterocycles. The molecule has 0 spiro atoms. The highest BCUT2D eigenvalue weighted by molar-refractivity contribution is 5.66. The molecule has 14 heavy (non-hydrogen) atoms. The fourth-order valence-electron chi connectivity index (χ4n) is 1.64. The fraction of sp³-hybridized carbons (Fsp3) is 0.900. The van der Waals surface area contributed by atoms with Crippen LogP contribution in [0.25, 0.3) is 0 Å². The number of carboxylic acids is 1. The van der Waals surface area contributed by atoms with Crippen LogP contribution in [-0.2, 0) is 9.53 Å². The standard InChI is InChI=1S/C10H19NO3/c12-10(13)4-2-6-14-8-9-3-1-5-11-7-9/h9,11H,1-8H2,(H,12,13). The first-order chi connectivity index (χ1) is 6.79. The van der Waals surface area contributed by atoms with E-state index in [1.165, 1.54) is 12.8 Å². The monoisotopic (exact) mass is 201 g/mol. The number of carbonyl (C=O) groups is 1. The van der Waals surface area contributed by atoms with Gasteiger partial charge in [-0.2, -0.15) is 0 Å². The van der Waals surface area contributed by atoms with Crippen molar-refractivity contribution in [3.05, 3.63) is 0 Å². The highest BCUT2D eigenvalue weighted by atomic mass is 16.5. The van der Waals surface area contributed by atoms with Crippen molar-refractivity contribution in [2.45, 2.75) is 25.7 Å². The Kier molecular flexibility index (Phi) is 5.56. The molecule has 2 N–H and O–H groups in total. The molecule has 4 heteroatoms. The molecule has 0 bridgehead atoms. The van der Waals surface area contributed by atoms with Gasteiger partial charge in [0.15, 0.2) is 0 Å². The van der Waals surface area contributed by atoms with Gasteiger partial charge in [-0.3, -0.25) is 4.79 Å². The molecule has 0 saturated carbocycles. The summed E-state index contributed by atoms with van der Waals surface area (Å²) in [6.45, 7) is 3.50. The van der Waals surface area contributed by atoms with Crippen LogP contribution in [0.5, 0.6) is 0 Å². The van der Waals surface area contributed by atoms with Gasteiger partial charge in [0.25, 0.3) is 0 Å². The zero-order chi connectivity index (χ0) is 10.2. The molecule has 1 atom stereocenters. The van der Waals surface area contributed by atoms with Gasteiger partial charge < -0.3 is 15.2 Å². The molecule has 0 aromatic rings. The van der Waals surface area contributed by atoms with Gasteiger partial charge in [-0.05, 0) is 31.7 Å². The number of nitrogens with one attached hydrogen (secondary N) is 1. The Morgan fingerprint density at radius 2 is 2.43 bits per heavy atom. The highest BCUT2D eigenvalue weighted by Crippen LogP contribution is 2.10. The Morgan fingerprint density at radius 1 is 1.57 bits per heavy atom. The van der Waals surface area contributed by atoms with Crippen LogP contribution in [0.2, 0.25) is 0 Å². The number of hydrogen-bond donors (Lipinski definition) is 2. The SMILES string of the molecule is O=C(O)CCCOCC1CCCNC1. The van der Waals surface area contributed by atoms with E-state index >= 15 is 0 Å². The van der Waals surface area contributed by atoms with Crippen molar-refractivity contribution >= 4 is 5.97 Å². The lowest BCUT2D eigenvalue weighted by atomic mass is 10.0. The number of carboxylic acid groups (broad SMARTS) is 1. The van der Waals surface area contributed by atoms with Gasteiger partial charge in [-0.1, -0.05) is 0 Å². The van der Waals surface area contributed by atoms with Crippen LogP contribution in [-0.4, -0.2) is 37.4 Å². The molecular weight excluding hydrogens is 182 g/mol. The number of aliphatic carboxylic acids is 1. The van der Waals surface area contributed by atoms with Crippen molar-refractivity contribution in [2.75, 3.05) is 26.3 Å². The maximum atomic E-state index is 10.2. The second-order valence-corrected chi connectivity index (χ2v) is 3.78. The molecule has 1 heterocycles. The Hall–Kier alpha value is -0.610. The summed E-state index contributed by atoms with van der Waals surface area (Å²) in [5.41, 5.74) is 0. The van der Waals surface area contributed by atoms with E-state index in [0.29, 0.717) is 18.9 Å². The minimum atomic E-state index is -0.743. The van der Waals surface area contributed by atoms with E-state index in [1.807, 2.05) is 0 Å². The molecule has 1 aliphatic rings. The fourth-order valence-corrected chi connectivity index (χ4v) is 1.64. The zero-order valence-corrected chi connectivity index (χ0v) is 8.50. The molecule has 1 fully saturated rings. The van der Waals surface area contributed by atoms with E-state index in [9.17, 15) is 4.79 Å². The molecule has 1 unspecified atom stereocenters. The van der Waals surface area contributed by atoms with E-state index in [0.717, 1.165) is 19.7 Å². The Labute approximate surface area is 84.6 Å². The van der Waals surface area contributed by atoms with Crippen LogP contribution in [0.15, 0.2) is 0 Å². The van der Waals surface area contributed by atoms with E-state index in [-0.39, 0.29) is 6.42 Å². The summed E-state index contributed by atoms with van der Waals surface area (Å²) < 4.78 is 5.42. The largest absolute Gasteiger partial charge is 0.481 e. The first-order valence-corrected chi connectivity index (χ1v) is 5.29. The molecule has 0 radical (unpaired) electrons. The van der Waals surface area contributed by atoms with Crippen LogP contribution in [0, 0.1) is 5.92 Å². The maximum Gasteiger partial charge on any atom is 0.303 e. The predicted molar refractivity (Wildman–Crippen MR) is 53.3 cm³/mol. The summed E-state index contributed by atoms with van der Waals surface area (Å²) in [7, 11) is 0. The maximum absolute atomic E-state index is 10.2. The number of piperidine rings is 1.